The summed E-state index contributed by atoms with van der Waals surface area (Å²) < 4.78 is 30.4. The minimum atomic E-state index is -4.30. The van der Waals surface area contributed by atoms with Crippen LogP contribution in [0.2, 0.25) is 0 Å². The third kappa shape index (κ3) is 6.87. The molecule has 0 saturated carbocycles. The van der Waals surface area contributed by atoms with E-state index in [0.717, 1.165) is 30.6 Å². The lowest BCUT2D eigenvalue weighted by Gasteiger charge is -2.21. The van der Waals surface area contributed by atoms with Gasteiger partial charge in [0, 0.05) is 0 Å². The van der Waals surface area contributed by atoms with E-state index in [1.165, 1.54) is 16.7 Å². The van der Waals surface area contributed by atoms with Gasteiger partial charge in [-0.1, -0.05) is 34.9 Å². The number of nitrogens with two attached hydrogens (primary N) is 1. The zero-order valence-electron chi connectivity index (χ0n) is 17.9. The first-order valence-corrected chi connectivity index (χ1v) is 11.6. The SMILES string of the molecule is CC(C)=CCC/C(C)=C/CCC1=CCC2C(=O)N(CCOS(=O)(=O)ON)C(=O)C2C1. The molecule has 0 spiro atoms. The number of imide groups is 1. The average Bonchev–Trinajstić information content (AvgIpc) is 2.92. The maximum atomic E-state index is 12.7. The van der Waals surface area contributed by atoms with Gasteiger partial charge in [-0.05, 0) is 59.3 Å². The van der Waals surface area contributed by atoms with Gasteiger partial charge in [0.25, 0.3) is 0 Å². The molecule has 1 aliphatic carbocycles. The van der Waals surface area contributed by atoms with Crippen molar-refractivity contribution in [3.63, 3.8) is 0 Å². The van der Waals surface area contributed by atoms with E-state index in [-0.39, 0.29) is 36.8 Å². The van der Waals surface area contributed by atoms with Crippen molar-refractivity contribution >= 4 is 22.2 Å². The Morgan fingerprint density at radius 1 is 1.17 bits per heavy atom. The van der Waals surface area contributed by atoms with Crippen molar-refractivity contribution in [3.8, 4) is 0 Å². The molecule has 0 aromatic rings. The number of nitrogens with zero attached hydrogens (tertiary/aromatic N) is 1. The second-order valence-corrected chi connectivity index (χ2v) is 9.32. The third-order valence-corrected chi connectivity index (χ3v) is 6.20. The second kappa shape index (κ2) is 11.0. The highest BCUT2D eigenvalue weighted by molar-refractivity contribution is 7.81. The molecular formula is C21H32N2O6S. The molecule has 8 nitrogen and oxygen atoms in total. The lowest BCUT2D eigenvalue weighted by atomic mass is 9.80. The highest BCUT2D eigenvalue weighted by Crippen LogP contribution is 2.39. The van der Waals surface area contributed by atoms with E-state index in [1.54, 1.807) is 0 Å². The van der Waals surface area contributed by atoms with Gasteiger partial charge in [0.1, 0.15) is 0 Å². The highest BCUT2D eigenvalue weighted by atomic mass is 32.3. The normalized spacial score (nSPS) is 22.2. The molecule has 2 amide bonds. The Morgan fingerprint density at radius 2 is 1.87 bits per heavy atom. The molecule has 1 fully saturated rings. The number of carbonyl (C=O) groups is 2. The zero-order valence-corrected chi connectivity index (χ0v) is 18.7. The molecule has 0 aromatic carbocycles. The number of hydrogen-bond donors (Lipinski definition) is 1. The van der Waals surface area contributed by atoms with E-state index in [9.17, 15) is 18.0 Å². The second-order valence-electron chi connectivity index (χ2n) is 8.08. The molecule has 0 aromatic heterocycles. The van der Waals surface area contributed by atoms with E-state index in [4.69, 9.17) is 0 Å². The van der Waals surface area contributed by atoms with Crippen molar-refractivity contribution < 1.29 is 26.5 Å². The molecule has 1 saturated heterocycles. The van der Waals surface area contributed by atoms with Crippen LogP contribution in [0.3, 0.4) is 0 Å². The number of fused-ring (bicyclic) bond motifs is 1. The number of allylic oxidation sites excluding steroid dienone is 6. The van der Waals surface area contributed by atoms with Gasteiger partial charge in [0.2, 0.25) is 11.8 Å². The summed E-state index contributed by atoms with van der Waals surface area (Å²) in [5, 5.41) is 0. The van der Waals surface area contributed by atoms with Crippen LogP contribution < -0.4 is 5.90 Å². The van der Waals surface area contributed by atoms with E-state index in [1.807, 2.05) is 0 Å². The Bertz CT molecular complexity index is 840. The molecule has 2 unspecified atom stereocenters. The Kier molecular flexibility index (Phi) is 8.96. The Hall–Kier alpha value is -1.81. The fourth-order valence-electron chi connectivity index (χ4n) is 3.88. The van der Waals surface area contributed by atoms with Gasteiger partial charge in [-0.15, -0.1) is 0 Å². The van der Waals surface area contributed by atoms with Crippen molar-refractivity contribution in [2.75, 3.05) is 13.2 Å². The van der Waals surface area contributed by atoms with Crippen LogP contribution in [0.5, 0.6) is 0 Å². The van der Waals surface area contributed by atoms with Crippen molar-refractivity contribution in [1.29, 1.82) is 0 Å². The summed E-state index contributed by atoms with van der Waals surface area (Å²) in [5.74, 6) is 3.30. The first-order chi connectivity index (χ1) is 14.1. The summed E-state index contributed by atoms with van der Waals surface area (Å²) in [6, 6.07) is 0. The number of likely N-dealkylation sites (tertiary alicyclic amines) is 1. The predicted octanol–water partition coefficient (Wildman–Crippen LogP) is 2.93. The molecular weight excluding hydrogens is 408 g/mol. The molecule has 9 heteroatoms. The lowest BCUT2D eigenvalue weighted by molar-refractivity contribution is -0.140. The maximum Gasteiger partial charge on any atom is 0.415 e. The molecule has 30 heavy (non-hydrogen) atoms. The summed E-state index contributed by atoms with van der Waals surface area (Å²) in [7, 11) is -4.30. The van der Waals surface area contributed by atoms with E-state index < -0.39 is 10.4 Å². The van der Waals surface area contributed by atoms with E-state index in [0.29, 0.717) is 12.8 Å². The number of rotatable bonds is 11. The fourth-order valence-corrected chi connectivity index (χ4v) is 4.22. The smallest absolute Gasteiger partial charge is 0.280 e. The van der Waals surface area contributed by atoms with Crippen LogP contribution in [0.15, 0.2) is 34.9 Å². The fraction of sp³-hybridized carbons (Fsp3) is 0.619. The first-order valence-electron chi connectivity index (χ1n) is 10.2. The quantitative estimate of drug-likeness (QED) is 0.298. The third-order valence-electron chi connectivity index (χ3n) is 5.50. The molecule has 1 heterocycles. The molecule has 2 N–H and O–H groups in total. The summed E-state index contributed by atoms with van der Waals surface area (Å²) >= 11 is 0. The van der Waals surface area contributed by atoms with Gasteiger partial charge in [-0.25, -0.2) is 4.18 Å². The number of carbonyl (C=O) groups excluding carboxylic acids is 2. The van der Waals surface area contributed by atoms with Crippen LogP contribution in [0.4, 0.5) is 0 Å². The molecule has 2 rings (SSSR count). The number of amides is 2. The molecule has 0 radical (unpaired) electrons. The van der Waals surface area contributed by atoms with Gasteiger partial charge in [-0.2, -0.15) is 18.6 Å². The lowest BCUT2D eigenvalue weighted by Crippen LogP contribution is -2.35. The van der Waals surface area contributed by atoms with Crippen LogP contribution in [0.1, 0.15) is 59.3 Å². The van der Waals surface area contributed by atoms with E-state index in [2.05, 4.69) is 53.4 Å². The van der Waals surface area contributed by atoms with Crippen LogP contribution in [0.25, 0.3) is 0 Å². The molecule has 1 aliphatic heterocycles. The summed E-state index contributed by atoms with van der Waals surface area (Å²) in [6.07, 6.45) is 11.6. The number of hydrogen-bond acceptors (Lipinski definition) is 7. The van der Waals surface area contributed by atoms with Crippen molar-refractivity contribution in [1.82, 2.24) is 4.90 Å². The van der Waals surface area contributed by atoms with Crippen molar-refractivity contribution in [2.24, 2.45) is 17.7 Å². The van der Waals surface area contributed by atoms with Gasteiger partial charge in [-0.3, -0.25) is 14.5 Å². The minimum absolute atomic E-state index is 0.143. The Morgan fingerprint density at radius 3 is 2.53 bits per heavy atom. The highest BCUT2D eigenvalue weighted by Gasteiger charge is 2.48. The molecule has 168 valence electrons. The monoisotopic (exact) mass is 440 g/mol. The largest absolute Gasteiger partial charge is 0.415 e. The van der Waals surface area contributed by atoms with Crippen molar-refractivity contribution in [2.45, 2.75) is 59.3 Å². The Balaban J connectivity index is 1.84. The molecule has 2 aliphatic rings. The molecule has 2 atom stereocenters. The van der Waals surface area contributed by atoms with Crippen LogP contribution >= 0.6 is 0 Å². The zero-order chi connectivity index (χ0) is 22.3. The van der Waals surface area contributed by atoms with Gasteiger partial charge in [0.15, 0.2) is 0 Å². The van der Waals surface area contributed by atoms with Crippen LogP contribution in [-0.4, -0.2) is 38.3 Å². The van der Waals surface area contributed by atoms with Gasteiger partial charge < -0.3 is 0 Å². The molecule has 0 bridgehead atoms. The van der Waals surface area contributed by atoms with Crippen LogP contribution in [0, 0.1) is 11.8 Å². The standard InChI is InChI=1S/C21H32N2O6S/c1-15(2)6-4-7-16(3)8-5-9-17-10-11-18-19(14-17)21(25)23(20(18)24)12-13-28-30(26,27)29-22/h6,8,10,18-19H,4-5,7,9,11-14,22H2,1-3H3/b16-8+. The summed E-state index contributed by atoms with van der Waals surface area (Å²) in [6.45, 7) is 5.81. The van der Waals surface area contributed by atoms with E-state index >= 15 is 0 Å². The van der Waals surface area contributed by atoms with Gasteiger partial charge in [0.05, 0.1) is 25.0 Å². The summed E-state index contributed by atoms with van der Waals surface area (Å²) in [4.78, 5) is 26.3. The first kappa shape index (κ1) is 24.5. The predicted molar refractivity (Wildman–Crippen MR) is 113 cm³/mol. The minimum Gasteiger partial charge on any atom is -0.280 e. The van der Waals surface area contributed by atoms with Gasteiger partial charge >= 0.3 is 10.4 Å². The summed E-state index contributed by atoms with van der Waals surface area (Å²) in [5.41, 5.74) is 3.88. The Labute approximate surface area is 179 Å². The van der Waals surface area contributed by atoms with Crippen LogP contribution in [-0.2, 0) is 28.5 Å². The van der Waals surface area contributed by atoms with Crippen molar-refractivity contribution in [3.05, 3.63) is 34.9 Å². The maximum absolute atomic E-state index is 12.7. The average molecular weight is 441 g/mol. The topological polar surface area (TPSA) is 116 Å².